The highest BCUT2D eigenvalue weighted by atomic mass is 35.5. The standard InChI is InChI=1S/C17H19ClFN3O5/c1-4-17(3)15(25)22(16(26)21-17)8-13(23)27-9(2)14(24)20-10-5-6-12(19)11(18)7-10/h5-7,9H,4,8H2,1-3H3,(H,20,24)(H,21,26)/t9-,17+/m0/s1. The van der Waals surface area contributed by atoms with Gasteiger partial charge in [-0.2, -0.15) is 0 Å². The Morgan fingerprint density at radius 3 is 2.63 bits per heavy atom. The summed E-state index contributed by atoms with van der Waals surface area (Å²) in [5.74, 6) is -2.77. The quantitative estimate of drug-likeness (QED) is 0.562. The zero-order valence-electron chi connectivity index (χ0n) is 15.0. The lowest BCUT2D eigenvalue weighted by molar-refractivity contribution is -0.155. The van der Waals surface area contributed by atoms with Gasteiger partial charge in [0.2, 0.25) is 0 Å². The van der Waals surface area contributed by atoms with Crippen molar-refractivity contribution in [3.8, 4) is 0 Å². The van der Waals surface area contributed by atoms with Crippen LogP contribution < -0.4 is 10.6 Å². The molecule has 2 N–H and O–H groups in total. The number of nitrogens with one attached hydrogen (secondary N) is 2. The zero-order chi connectivity index (χ0) is 20.4. The Kier molecular flexibility index (Phi) is 6.04. The molecule has 4 amide bonds. The number of imide groups is 1. The van der Waals surface area contributed by atoms with Crippen molar-refractivity contribution in [3.05, 3.63) is 29.0 Å². The van der Waals surface area contributed by atoms with E-state index in [-0.39, 0.29) is 10.7 Å². The van der Waals surface area contributed by atoms with Gasteiger partial charge >= 0.3 is 12.0 Å². The third-order valence-electron chi connectivity index (χ3n) is 4.20. The molecule has 0 aliphatic carbocycles. The number of carbonyl (C=O) groups is 4. The molecular formula is C17H19ClFN3O5. The maximum Gasteiger partial charge on any atom is 0.327 e. The van der Waals surface area contributed by atoms with Crippen molar-refractivity contribution in [3.63, 3.8) is 0 Å². The van der Waals surface area contributed by atoms with E-state index in [0.29, 0.717) is 6.42 Å². The minimum absolute atomic E-state index is 0.171. The summed E-state index contributed by atoms with van der Waals surface area (Å²) >= 11 is 5.63. The lowest BCUT2D eigenvalue weighted by atomic mass is 9.99. The summed E-state index contributed by atoms with van der Waals surface area (Å²) < 4.78 is 18.1. The number of benzene rings is 1. The van der Waals surface area contributed by atoms with Crippen LogP contribution in [-0.2, 0) is 19.1 Å². The van der Waals surface area contributed by atoms with E-state index in [0.717, 1.165) is 11.0 Å². The molecule has 0 aromatic heterocycles. The van der Waals surface area contributed by atoms with E-state index in [4.69, 9.17) is 16.3 Å². The predicted octanol–water partition coefficient (Wildman–Crippen LogP) is 2.07. The highest BCUT2D eigenvalue weighted by Crippen LogP contribution is 2.21. The molecule has 2 rings (SSSR count). The van der Waals surface area contributed by atoms with Crippen LogP contribution in [-0.4, -0.2) is 46.9 Å². The maximum atomic E-state index is 13.1. The molecule has 1 fully saturated rings. The Hall–Kier alpha value is -2.68. The average molecular weight is 400 g/mol. The maximum absolute atomic E-state index is 13.1. The summed E-state index contributed by atoms with van der Waals surface area (Å²) in [5, 5.41) is 4.76. The van der Waals surface area contributed by atoms with Gasteiger partial charge in [0.1, 0.15) is 17.9 Å². The number of amides is 4. The van der Waals surface area contributed by atoms with Crippen molar-refractivity contribution < 1.29 is 28.3 Å². The number of halogens is 2. The molecular weight excluding hydrogens is 381 g/mol. The van der Waals surface area contributed by atoms with Crippen molar-refractivity contribution in [2.24, 2.45) is 0 Å². The second-order valence-electron chi connectivity index (χ2n) is 6.26. The van der Waals surface area contributed by atoms with Crippen LogP contribution in [0.25, 0.3) is 0 Å². The van der Waals surface area contributed by atoms with Gasteiger partial charge in [-0.3, -0.25) is 19.3 Å². The summed E-state index contributed by atoms with van der Waals surface area (Å²) in [5.41, 5.74) is -0.843. The smallest absolute Gasteiger partial charge is 0.327 e. The van der Waals surface area contributed by atoms with Crippen molar-refractivity contribution >= 4 is 41.1 Å². The van der Waals surface area contributed by atoms with Crippen molar-refractivity contribution in [2.75, 3.05) is 11.9 Å². The minimum atomic E-state index is -1.21. The van der Waals surface area contributed by atoms with Gasteiger partial charge in [0.05, 0.1) is 5.02 Å². The third kappa shape index (κ3) is 4.54. The summed E-state index contributed by atoms with van der Waals surface area (Å²) in [4.78, 5) is 48.9. The van der Waals surface area contributed by atoms with Gasteiger partial charge < -0.3 is 15.4 Å². The van der Waals surface area contributed by atoms with Crippen molar-refractivity contribution in [1.29, 1.82) is 0 Å². The van der Waals surface area contributed by atoms with Gasteiger partial charge in [0.15, 0.2) is 6.10 Å². The van der Waals surface area contributed by atoms with Crippen LogP contribution >= 0.6 is 11.6 Å². The van der Waals surface area contributed by atoms with Gasteiger partial charge in [0.25, 0.3) is 11.8 Å². The SMILES string of the molecule is CC[C@@]1(C)NC(=O)N(CC(=O)O[C@@H](C)C(=O)Nc2ccc(F)c(Cl)c2)C1=O. The molecule has 0 unspecified atom stereocenters. The minimum Gasteiger partial charge on any atom is -0.451 e. The van der Waals surface area contributed by atoms with E-state index in [1.807, 2.05) is 0 Å². The summed E-state index contributed by atoms with van der Waals surface area (Å²) in [6.07, 6.45) is -0.845. The first-order valence-corrected chi connectivity index (χ1v) is 8.54. The number of carbonyl (C=O) groups excluding carboxylic acids is 4. The van der Waals surface area contributed by atoms with Crippen LogP contribution in [0.4, 0.5) is 14.9 Å². The number of urea groups is 1. The zero-order valence-corrected chi connectivity index (χ0v) is 15.7. The summed E-state index contributed by atoms with van der Waals surface area (Å²) in [6, 6.07) is 2.89. The molecule has 1 aromatic rings. The van der Waals surface area contributed by atoms with E-state index in [1.165, 1.54) is 19.1 Å². The Bertz CT molecular complexity index is 803. The van der Waals surface area contributed by atoms with E-state index in [1.54, 1.807) is 13.8 Å². The normalized spacial score (nSPS) is 20.3. The fraction of sp³-hybridized carbons (Fsp3) is 0.412. The summed E-state index contributed by atoms with van der Waals surface area (Å²) in [6.45, 7) is 4.00. The first kappa shape index (κ1) is 20.6. The molecule has 0 spiro atoms. The number of esters is 1. The van der Waals surface area contributed by atoms with Crippen LogP contribution in [0.15, 0.2) is 18.2 Å². The van der Waals surface area contributed by atoms with Gasteiger partial charge in [0, 0.05) is 5.69 Å². The first-order chi connectivity index (χ1) is 12.6. The van der Waals surface area contributed by atoms with Gasteiger partial charge in [-0.05, 0) is 38.5 Å². The number of ether oxygens (including phenoxy) is 1. The molecule has 1 heterocycles. The van der Waals surface area contributed by atoms with E-state index in [9.17, 15) is 23.6 Å². The van der Waals surface area contributed by atoms with Crippen molar-refractivity contribution in [2.45, 2.75) is 38.8 Å². The van der Waals surface area contributed by atoms with Crippen LogP contribution in [0.1, 0.15) is 27.2 Å². The molecule has 1 saturated heterocycles. The number of rotatable bonds is 6. The van der Waals surface area contributed by atoms with Crippen molar-refractivity contribution in [1.82, 2.24) is 10.2 Å². The molecule has 10 heteroatoms. The molecule has 146 valence electrons. The Balaban J connectivity index is 1.93. The molecule has 27 heavy (non-hydrogen) atoms. The average Bonchev–Trinajstić information content (AvgIpc) is 2.82. The number of anilines is 1. The fourth-order valence-corrected chi connectivity index (χ4v) is 2.55. The summed E-state index contributed by atoms with van der Waals surface area (Å²) in [7, 11) is 0. The van der Waals surface area contributed by atoms with Crippen LogP contribution in [0.2, 0.25) is 5.02 Å². The largest absolute Gasteiger partial charge is 0.451 e. The second kappa shape index (κ2) is 7.91. The lowest BCUT2D eigenvalue weighted by Crippen LogP contribution is -2.44. The number of nitrogens with zero attached hydrogens (tertiary/aromatic N) is 1. The van der Waals surface area contributed by atoms with Crippen LogP contribution in [0.5, 0.6) is 0 Å². The Morgan fingerprint density at radius 2 is 2.07 bits per heavy atom. The fourth-order valence-electron chi connectivity index (χ4n) is 2.37. The first-order valence-electron chi connectivity index (χ1n) is 8.17. The van der Waals surface area contributed by atoms with E-state index >= 15 is 0 Å². The van der Waals surface area contributed by atoms with E-state index in [2.05, 4.69) is 10.6 Å². The topological polar surface area (TPSA) is 105 Å². The molecule has 0 saturated carbocycles. The molecule has 0 bridgehead atoms. The van der Waals surface area contributed by atoms with Gasteiger partial charge in [-0.1, -0.05) is 18.5 Å². The van der Waals surface area contributed by atoms with E-state index < -0.39 is 47.8 Å². The molecule has 2 atom stereocenters. The molecule has 8 nitrogen and oxygen atoms in total. The molecule has 1 aliphatic rings. The number of hydrogen-bond acceptors (Lipinski definition) is 5. The highest BCUT2D eigenvalue weighted by Gasteiger charge is 2.47. The lowest BCUT2D eigenvalue weighted by Gasteiger charge is -2.19. The highest BCUT2D eigenvalue weighted by molar-refractivity contribution is 6.31. The second-order valence-corrected chi connectivity index (χ2v) is 6.66. The van der Waals surface area contributed by atoms with Gasteiger partial charge in [-0.25, -0.2) is 9.18 Å². The molecule has 0 radical (unpaired) electrons. The monoisotopic (exact) mass is 399 g/mol. The Labute approximate surface area is 160 Å². The van der Waals surface area contributed by atoms with Crippen LogP contribution in [0.3, 0.4) is 0 Å². The van der Waals surface area contributed by atoms with Crippen LogP contribution in [0, 0.1) is 5.82 Å². The number of hydrogen-bond donors (Lipinski definition) is 2. The predicted molar refractivity (Wildman–Crippen MR) is 94.5 cm³/mol. The van der Waals surface area contributed by atoms with Gasteiger partial charge in [-0.15, -0.1) is 0 Å². The Morgan fingerprint density at radius 1 is 1.41 bits per heavy atom. The molecule has 1 aromatic carbocycles. The third-order valence-corrected chi connectivity index (χ3v) is 4.49. The molecule has 1 aliphatic heterocycles.